The van der Waals surface area contributed by atoms with Crippen LogP contribution in [-0.4, -0.2) is 4.57 Å². The van der Waals surface area contributed by atoms with Gasteiger partial charge in [-0.15, -0.1) is 11.3 Å². The second kappa shape index (κ2) is 2.20. The summed E-state index contributed by atoms with van der Waals surface area (Å²) in [4.78, 5) is 11.2. The lowest BCUT2D eigenvalue weighted by atomic mass is 10.4. The third-order valence-electron chi connectivity index (χ3n) is 1.70. The molecule has 0 aliphatic carbocycles. The fourth-order valence-electron chi connectivity index (χ4n) is 1.10. The zero-order valence-electron chi connectivity index (χ0n) is 6.07. The highest BCUT2D eigenvalue weighted by Gasteiger charge is 1.99. The highest BCUT2D eigenvalue weighted by molar-refractivity contribution is 7.17. The Morgan fingerprint density at radius 3 is 3.00 bits per heavy atom. The molecule has 0 N–H and O–H groups in total. The van der Waals surface area contributed by atoms with Crippen LogP contribution in [0.3, 0.4) is 0 Å². The Morgan fingerprint density at radius 2 is 2.27 bits per heavy atom. The first-order valence-corrected chi connectivity index (χ1v) is 4.20. The lowest BCUT2D eigenvalue weighted by Crippen LogP contribution is -2.01. The van der Waals surface area contributed by atoms with Crippen LogP contribution >= 0.6 is 11.3 Å². The van der Waals surface area contributed by atoms with Crippen LogP contribution in [0.25, 0.3) is 10.2 Å². The van der Waals surface area contributed by atoms with E-state index in [-0.39, 0.29) is 5.43 Å². The molecule has 0 atom stereocenters. The predicted octanol–water partition coefficient (Wildman–Crippen LogP) is 1.60. The first-order valence-electron chi connectivity index (χ1n) is 3.32. The molecule has 0 saturated heterocycles. The number of thiophene rings is 1. The van der Waals surface area contributed by atoms with Gasteiger partial charge in [-0.25, -0.2) is 0 Å². The van der Waals surface area contributed by atoms with Crippen molar-refractivity contribution in [2.75, 3.05) is 0 Å². The summed E-state index contributed by atoms with van der Waals surface area (Å²) in [6.45, 7) is 0. The number of hydrogen-bond acceptors (Lipinski definition) is 2. The third kappa shape index (κ3) is 0.886. The minimum Gasteiger partial charge on any atom is -0.350 e. The summed E-state index contributed by atoms with van der Waals surface area (Å²) in [5, 5.41) is 1.94. The average molecular weight is 165 g/mol. The molecular weight excluding hydrogens is 158 g/mol. The molecule has 3 heteroatoms. The molecule has 11 heavy (non-hydrogen) atoms. The Labute approximate surface area is 67.7 Å². The molecule has 0 spiro atoms. The Bertz CT molecular complexity index is 441. The maximum Gasteiger partial charge on any atom is 0.199 e. The normalized spacial score (nSPS) is 10.6. The summed E-state index contributed by atoms with van der Waals surface area (Å²) in [7, 11) is 1.94. The molecule has 0 aliphatic rings. The first-order chi connectivity index (χ1) is 5.29. The minimum absolute atomic E-state index is 0.119. The molecule has 2 heterocycles. The molecule has 2 aromatic heterocycles. The highest BCUT2D eigenvalue weighted by atomic mass is 32.1. The summed E-state index contributed by atoms with van der Waals surface area (Å²) in [6.07, 6.45) is 1.79. The van der Waals surface area contributed by atoms with E-state index in [0.717, 1.165) is 10.2 Å². The van der Waals surface area contributed by atoms with Gasteiger partial charge in [-0.3, -0.25) is 4.79 Å². The van der Waals surface area contributed by atoms with Crippen molar-refractivity contribution in [2.24, 2.45) is 7.05 Å². The van der Waals surface area contributed by atoms with Crippen molar-refractivity contribution in [1.82, 2.24) is 4.57 Å². The van der Waals surface area contributed by atoms with Gasteiger partial charge >= 0.3 is 0 Å². The molecule has 2 aromatic rings. The van der Waals surface area contributed by atoms with Gasteiger partial charge in [0.25, 0.3) is 0 Å². The molecule has 2 nitrogen and oxygen atoms in total. The van der Waals surface area contributed by atoms with E-state index in [4.69, 9.17) is 0 Å². The quantitative estimate of drug-likeness (QED) is 0.581. The van der Waals surface area contributed by atoms with Gasteiger partial charge < -0.3 is 4.57 Å². The lowest BCUT2D eigenvalue weighted by Gasteiger charge is -1.96. The van der Waals surface area contributed by atoms with Crippen LogP contribution in [-0.2, 0) is 7.05 Å². The summed E-state index contributed by atoms with van der Waals surface area (Å²) in [5.74, 6) is 0. The second-order valence-electron chi connectivity index (χ2n) is 2.43. The van der Waals surface area contributed by atoms with Crippen LogP contribution in [0.1, 0.15) is 0 Å². The van der Waals surface area contributed by atoms with Crippen LogP contribution in [0, 0.1) is 0 Å². The monoisotopic (exact) mass is 165 g/mol. The smallest absolute Gasteiger partial charge is 0.199 e. The maximum absolute atomic E-state index is 11.2. The zero-order valence-corrected chi connectivity index (χ0v) is 6.89. The Hall–Kier alpha value is -1.09. The molecule has 2 rings (SSSR count). The molecule has 0 aromatic carbocycles. The molecule has 0 saturated carbocycles. The standard InChI is InChI=1S/C8H7NOS/c1-9-4-2-7(10)8-6(9)3-5-11-8/h2-5H,1H3. The predicted molar refractivity (Wildman–Crippen MR) is 47.1 cm³/mol. The number of aryl methyl sites for hydroxylation is 1. The number of hydrogen-bond donors (Lipinski definition) is 0. The van der Waals surface area contributed by atoms with Crippen molar-refractivity contribution in [3.63, 3.8) is 0 Å². The third-order valence-corrected chi connectivity index (χ3v) is 2.62. The number of rotatable bonds is 0. The molecule has 0 aliphatic heterocycles. The van der Waals surface area contributed by atoms with Crippen molar-refractivity contribution in [1.29, 1.82) is 0 Å². The highest BCUT2D eigenvalue weighted by Crippen LogP contribution is 2.14. The summed E-state index contributed by atoms with van der Waals surface area (Å²) in [6, 6.07) is 3.56. The largest absolute Gasteiger partial charge is 0.350 e. The fraction of sp³-hybridized carbons (Fsp3) is 0.125. The van der Waals surface area contributed by atoms with Gasteiger partial charge in [-0.05, 0) is 11.4 Å². The summed E-state index contributed by atoms with van der Waals surface area (Å²) in [5.41, 5.74) is 1.13. The van der Waals surface area contributed by atoms with Crippen molar-refractivity contribution in [3.8, 4) is 0 Å². The van der Waals surface area contributed by atoms with Crippen LogP contribution in [0.15, 0.2) is 28.5 Å². The molecule has 0 unspecified atom stereocenters. The first kappa shape index (κ1) is 6.61. The number of aromatic nitrogens is 1. The Morgan fingerprint density at radius 1 is 1.45 bits per heavy atom. The van der Waals surface area contributed by atoms with E-state index in [1.54, 1.807) is 12.3 Å². The van der Waals surface area contributed by atoms with E-state index in [0.29, 0.717) is 0 Å². The van der Waals surface area contributed by atoms with Crippen LogP contribution in [0.5, 0.6) is 0 Å². The van der Waals surface area contributed by atoms with Gasteiger partial charge in [0.05, 0.1) is 10.2 Å². The van der Waals surface area contributed by atoms with Gasteiger partial charge in [0, 0.05) is 19.3 Å². The summed E-state index contributed by atoms with van der Waals surface area (Å²) >= 11 is 1.49. The number of pyridine rings is 1. The van der Waals surface area contributed by atoms with Crippen molar-refractivity contribution in [2.45, 2.75) is 0 Å². The van der Waals surface area contributed by atoms with Crippen molar-refractivity contribution >= 4 is 21.6 Å². The van der Waals surface area contributed by atoms with Crippen LogP contribution in [0.4, 0.5) is 0 Å². The van der Waals surface area contributed by atoms with E-state index >= 15 is 0 Å². The molecule has 56 valence electrons. The fourth-order valence-corrected chi connectivity index (χ4v) is 1.95. The van der Waals surface area contributed by atoms with Crippen molar-refractivity contribution < 1.29 is 0 Å². The van der Waals surface area contributed by atoms with E-state index in [2.05, 4.69) is 0 Å². The zero-order chi connectivity index (χ0) is 7.84. The van der Waals surface area contributed by atoms with Crippen molar-refractivity contribution in [3.05, 3.63) is 33.9 Å². The Balaban J connectivity index is 3.08. The minimum atomic E-state index is 0.119. The topological polar surface area (TPSA) is 22.0 Å². The molecule has 0 fully saturated rings. The second-order valence-corrected chi connectivity index (χ2v) is 3.34. The van der Waals surface area contributed by atoms with Gasteiger partial charge in [-0.2, -0.15) is 0 Å². The van der Waals surface area contributed by atoms with Gasteiger partial charge in [0.1, 0.15) is 0 Å². The van der Waals surface area contributed by atoms with Gasteiger partial charge in [0.2, 0.25) is 0 Å². The van der Waals surface area contributed by atoms with E-state index in [1.807, 2.05) is 23.1 Å². The molecule has 0 amide bonds. The molecular formula is C8H7NOS. The SMILES string of the molecule is Cn1ccc(=O)c2sccc21. The summed E-state index contributed by atoms with van der Waals surface area (Å²) < 4.78 is 2.79. The Kier molecular flexibility index (Phi) is 1.32. The number of nitrogens with zero attached hydrogens (tertiary/aromatic N) is 1. The number of fused-ring (bicyclic) bond motifs is 1. The molecule has 0 bridgehead atoms. The van der Waals surface area contributed by atoms with Crippen LogP contribution < -0.4 is 5.43 Å². The molecule has 0 radical (unpaired) electrons. The van der Waals surface area contributed by atoms with Gasteiger partial charge in [0.15, 0.2) is 5.43 Å². The lowest BCUT2D eigenvalue weighted by molar-refractivity contribution is 0.953. The van der Waals surface area contributed by atoms with E-state index < -0.39 is 0 Å². The van der Waals surface area contributed by atoms with E-state index in [1.165, 1.54) is 11.3 Å². The van der Waals surface area contributed by atoms with E-state index in [9.17, 15) is 4.79 Å². The maximum atomic E-state index is 11.2. The average Bonchev–Trinajstić information content (AvgIpc) is 2.45. The van der Waals surface area contributed by atoms with Gasteiger partial charge in [-0.1, -0.05) is 0 Å². The van der Waals surface area contributed by atoms with Crippen LogP contribution in [0.2, 0.25) is 0 Å².